The molecule has 1 saturated heterocycles. The highest BCUT2D eigenvalue weighted by molar-refractivity contribution is 5.80. The molecule has 0 saturated carbocycles. The van der Waals surface area contributed by atoms with Crippen molar-refractivity contribution in [1.29, 1.82) is 0 Å². The Hall–Kier alpha value is -1.01. The van der Waals surface area contributed by atoms with E-state index in [0.29, 0.717) is 13.0 Å². The van der Waals surface area contributed by atoms with Gasteiger partial charge < -0.3 is 9.47 Å². The van der Waals surface area contributed by atoms with E-state index in [2.05, 4.69) is 10.7 Å². The molecule has 1 rings (SSSR count). The van der Waals surface area contributed by atoms with E-state index >= 15 is 0 Å². The van der Waals surface area contributed by atoms with Gasteiger partial charge in [-0.1, -0.05) is 5.92 Å². The van der Waals surface area contributed by atoms with Crippen molar-refractivity contribution in [2.24, 2.45) is 5.41 Å². The Morgan fingerprint density at radius 3 is 2.91 bits per heavy atom. The minimum absolute atomic E-state index is 0.288. The molecule has 1 atom stereocenters. The number of ether oxygens (including phenoxy) is 2. The Morgan fingerprint density at radius 1 is 1.82 bits per heavy atom. The Morgan fingerprint density at radius 2 is 2.55 bits per heavy atom. The quantitative estimate of drug-likeness (QED) is 0.400. The number of hydrogen-bond donors (Lipinski definition) is 0. The summed E-state index contributed by atoms with van der Waals surface area (Å²) in [6.07, 6.45) is 5.78. The summed E-state index contributed by atoms with van der Waals surface area (Å²) in [4.78, 5) is 11.1. The molecule has 0 radical (unpaired) electrons. The fraction of sp³-hybridized carbons (Fsp3) is 0.625. The molecule has 0 aromatic rings. The SMILES string of the molecule is C#CC1(C(=O)OC)CCOC1. The van der Waals surface area contributed by atoms with Crippen molar-refractivity contribution in [1.82, 2.24) is 0 Å². The molecule has 0 spiro atoms. The first-order chi connectivity index (χ1) is 5.25. The average molecular weight is 154 g/mol. The maximum Gasteiger partial charge on any atom is 0.326 e. The van der Waals surface area contributed by atoms with Gasteiger partial charge in [0.05, 0.1) is 13.7 Å². The van der Waals surface area contributed by atoms with Gasteiger partial charge in [0.2, 0.25) is 0 Å². The van der Waals surface area contributed by atoms with E-state index in [0.717, 1.165) is 0 Å². The first-order valence-electron chi connectivity index (χ1n) is 3.39. The van der Waals surface area contributed by atoms with Crippen LogP contribution in [0.3, 0.4) is 0 Å². The standard InChI is InChI=1S/C8H10O3/c1-3-8(7(9)10-2)4-5-11-6-8/h1H,4-6H2,2H3. The van der Waals surface area contributed by atoms with Crippen LogP contribution in [0.1, 0.15) is 6.42 Å². The zero-order chi connectivity index (χ0) is 8.32. The van der Waals surface area contributed by atoms with Crippen molar-refractivity contribution in [2.75, 3.05) is 20.3 Å². The molecule has 0 N–H and O–H groups in total. The lowest BCUT2D eigenvalue weighted by atomic mass is 9.89. The van der Waals surface area contributed by atoms with Gasteiger partial charge in [-0.25, -0.2) is 0 Å². The van der Waals surface area contributed by atoms with Crippen LogP contribution in [0.4, 0.5) is 0 Å². The molecule has 0 aromatic heterocycles. The first-order valence-corrected chi connectivity index (χ1v) is 3.39. The van der Waals surface area contributed by atoms with Crippen LogP contribution in [0.2, 0.25) is 0 Å². The fourth-order valence-electron chi connectivity index (χ4n) is 1.09. The second-order valence-corrected chi connectivity index (χ2v) is 2.52. The number of hydrogen-bond acceptors (Lipinski definition) is 3. The molecule has 3 heteroatoms. The number of terminal acetylenes is 1. The first kappa shape index (κ1) is 8.09. The maximum atomic E-state index is 11.1. The van der Waals surface area contributed by atoms with Crippen LogP contribution < -0.4 is 0 Å². The Kier molecular flexibility index (Phi) is 2.16. The normalized spacial score (nSPS) is 29.5. The lowest BCUT2D eigenvalue weighted by Crippen LogP contribution is -2.30. The van der Waals surface area contributed by atoms with Crippen LogP contribution in [0.5, 0.6) is 0 Å². The lowest BCUT2D eigenvalue weighted by molar-refractivity contribution is -0.149. The smallest absolute Gasteiger partial charge is 0.326 e. The number of esters is 1. The second-order valence-electron chi connectivity index (χ2n) is 2.52. The van der Waals surface area contributed by atoms with Crippen molar-refractivity contribution >= 4 is 5.97 Å². The molecule has 60 valence electrons. The van der Waals surface area contributed by atoms with Crippen LogP contribution in [-0.2, 0) is 14.3 Å². The number of methoxy groups -OCH3 is 1. The molecule has 0 aliphatic carbocycles. The van der Waals surface area contributed by atoms with E-state index in [1.54, 1.807) is 0 Å². The van der Waals surface area contributed by atoms with Gasteiger partial charge in [-0.05, 0) is 0 Å². The van der Waals surface area contributed by atoms with E-state index in [9.17, 15) is 4.79 Å². The minimum atomic E-state index is -0.811. The van der Waals surface area contributed by atoms with E-state index in [1.165, 1.54) is 7.11 Å². The molecule has 1 heterocycles. The third kappa shape index (κ3) is 1.22. The molecule has 3 nitrogen and oxygen atoms in total. The van der Waals surface area contributed by atoms with Crippen LogP contribution in [0.15, 0.2) is 0 Å². The average Bonchev–Trinajstić information content (AvgIpc) is 2.52. The number of rotatable bonds is 1. The zero-order valence-electron chi connectivity index (χ0n) is 6.42. The predicted molar refractivity (Wildman–Crippen MR) is 38.7 cm³/mol. The van der Waals surface area contributed by atoms with E-state index in [4.69, 9.17) is 11.2 Å². The van der Waals surface area contributed by atoms with Gasteiger partial charge in [-0.2, -0.15) is 0 Å². The highest BCUT2D eigenvalue weighted by Crippen LogP contribution is 2.28. The monoisotopic (exact) mass is 154 g/mol. The van der Waals surface area contributed by atoms with Gasteiger partial charge in [0.25, 0.3) is 0 Å². The van der Waals surface area contributed by atoms with Crippen LogP contribution in [-0.4, -0.2) is 26.3 Å². The number of carbonyl (C=O) groups excluding carboxylic acids is 1. The van der Waals surface area contributed by atoms with Gasteiger partial charge in [-0.3, -0.25) is 4.79 Å². The van der Waals surface area contributed by atoms with Gasteiger partial charge in [0.1, 0.15) is 0 Å². The van der Waals surface area contributed by atoms with Crippen LogP contribution >= 0.6 is 0 Å². The summed E-state index contributed by atoms with van der Waals surface area (Å²) >= 11 is 0. The van der Waals surface area contributed by atoms with E-state index in [1.807, 2.05) is 0 Å². The maximum absolute atomic E-state index is 11.1. The molecule has 0 bridgehead atoms. The van der Waals surface area contributed by atoms with Crippen LogP contribution in [0, 0.1) is 17.8 Å². The van der Waals surface area contributed by atoms with Crippen molar-refractivity contribution in [2.45, 2.75) is 6.42 Å². The summed E-state index contributed by atoms with van der Waals surface area (Å²) in [5, 5.41) is 0. The molecular weight excluding hydrogens is 144 g/mol. The predicted octanol–water partition coefficient (Wildman–Crippen LogP) is 0.199. The zero-order valence-corrected chi connectivity index (χ0v) is 6.42. The van der Waals surface area contributed by atoms with Crippen molar-refractivity contribution in [3.8, 4) is 12.3 Å². The van der Waals surface area contributed by atoms with Gasteiger partial charge in [0.15, 0.2) is 5.41 Å². The van der Waals surface area contributed by atoms with E-state index < -0.39 is 5.41 Å². The minimum Gasteiger partial charge on any atom is -0.468 e. The molecule has 1 aliphatic rings. The molecule has 1 fully saturated rings. The van der Waals surface area contributed by atoms with Gasteiger partial charge >= 0.3 is 5.97 Å². The molecular formula is C8H10O3. The molecule has 0 amide bonds. The Bertz CT molecular complexity index is 196. The Balaban J connectivity index is 2.76. The summed E-state index contributed by atoms with van der Waals surface area (Å²) in [5.74, 6) is 2.07. The molecule has 1 unspecified atom stereocenters. The summed E-state index contributed by atoms with van der Waals surface area (Å²) < 4.78 is 9.60. The van der Waals surface area contributed by atoms with Crippen LogP contribution in [0.25, 0.3) is 0 Å². The molecule has 0 aromatic carbocycles. The highest BCUT2D eigenvalue weighted by atomic mass is 16.5. The van der Waals surface area contributed by atoms with Crippen molar-refractivity contribution in [3.05, 3.63) is 0 Å². The summed E-state index contributed by atoms with van der Waals surface area (Å²) in [6.45, 7) is 0.829. The van der Waals surface area contributed by atoms with Gasteiger partial charge in [-0.15, -0.1) is 6.42 Å². The lowest BCUT2D eigenvalue weighted by Gasteiger charge is -2.16. The van der Waals surface area contributed by atoms with Crippen molar-refractivity contribution in [3.63, 3.8) is 0 Å². The second kappa shape index (κ2) is 2.93. The molecule has 11 heavy (non-hydrogen) atoms. The summed E-state index contributed by atoms with van der Waals surface area (Å²) in [6, 6.07) is 0. The summed E-state index contributed by atoms with van der Waals surface area (Å²) in [7, 11) is 1.33. The third-order valence-corrected chi connectivity index (χ3v) is 1.87. The van der Waals surface area contributed by atoms with Crippen molar-refractivity contribution < 1.29 is 14.3 Å². The highest BCUT2D eigenvalue weighted by Gasteiger charge is 2.41. The largest absolute Gasteiger partial charge is 0.468 e. The third-order valence-electron chi connectivity index (χ3n) is 1.87. The Labute approximate surface area is 65.7 Å². The fourth-order valence-corrected chi connectivity index (χ4v) is 1.09. The molecule has 1 aliphatic heterocycles. The topological polar surface area (TPSA) is 35.5 Å². The van der Waals surface area contributed by atoms with E-state index in [-0.39, 0.29) is 12.6 Å². The van der Waals surface area contributed by atoms with Gasteiger partial charge in [0, 0.05) is 13.0 Å². The number of carbonyl (C=O) groups is 1. The summed E-state index contributed by atoms with van der Waals surface area (Å²) in [5.41, 5.74) is -0.811.